The SMILES string of the molecule is CC(=O)NC(C)c1ccc(-n2cccn2)cc1. The Morgan fingerprint density at radius 2 is 2.06 bits per heavy atom. The van der Waals surface area contributed by atoms with Crippen molar-refractivity contribution in [3.05, 3.63) is 48.3 Å². The van der Waals surface area contributed by atoms with E-state index in [0.717, 1.165) is 11.3 Å². The predicted octanol–water partition coefficient (Wildman–Crippen LogP) is 2.07. The van der Waals surface area contributed by atoms with Crippen LogP contribution in [0.2, 0.25) is 0 Å². The molecule has 2 rings (SSSR count). The van der Waals surface area contributed by atoms with Gasteiger partial charge in [-0.1, -0.05) is 12.1 Å². The number of nitrogens with one attached hydrogen (secondary N) is 1. The molecule has 0 radical (unpaired) electrons. The molecular formula is C13H15N3O. The highest BCUT2D eigenvalue weighted by Crippen LogP contribution is 2.15. The van der Waals surface area contributed by atoms with Gasteiger partial charge in [0.2, 0.25) is 5.91 Å². The molecule has 4 heteroatoms. The zero-order valence-electron chi connectivity index (χ0n) is 9.92. The average molecular weight is 229 g/mol. The van der Waals surface area contributed by atoms with Crippen LogP contribution in [0.3, 0.4) is 0 Å². The fraction of sp³-hybridized carbons (Fsp3) is 0.231. The minimum Gasteiger partial charge on any atom is -0.350 e. The minimum atomic E-state index is -0.0198. The van der Waals surface area contributed by atoms with Crippen molar-refractivity contribution in [2.75, 3.05) is 0 Å². The van der Waals surface area contributed by atoms with Gasteiger partial charge < -0.3 is 5.32 Å². The Balaban J connectivity index is 2.15. The smallest absolute Gasteiger partial charge is 0.217 e. The summed E-state index contributed by atoms with van der Waals surface area (Å²) in [6, 6.07) is 9.88. The maximum Gasteiger partial charge on any atom is 0.217 e. The Hall–Kier alpha value is -2.10. The van der Waals surface area contributed by atoms with Crippen molar-refractivity contribution >= 4 is 5.91 Å². The van der Waals surface area contributed by atoms with Crippen LogP contribution in [-0.2, 0) is 4.79 Å². The number of aromatic nitrogens is 2. The van der Waals surface area contributed by atoms with Crippen molar-refractivity contribution in [1.82, 2.24) is 15.1 Å². The summed E-state index contributed by atoms with van der Waals surface area (Å²) in [5.41, 5.74) is 2.09. The summed E-state index contributed by atoms with van der Waals surface area (Å²) < 4.78 is 1.80. The molecule has 0 saturated carbocycles. The summed E-state index contributed by atoms with van der Waals surface area (Å²) in [6.45, 7) is 3.49. The lowest BCUT2D eigenvalue weighted by atomic mass is 10.1. The fourth-order valence-electron chi connectivity index (χ4n) is 1.73. The number of nitrogens with zero attached hydrogens (tertiary/aromatic N) is 2. The highest BCUT2D eigenvalue weighted by atomic mass is 16.1. The molecule has 0 spiro atoms. The molecule has 1 unspecified atom stereocenters. The van der Waals surface area contributed by atoms with Gasteiger partial charge in [0.05, 0.1) is 11.7 Å². The standard InChI is InChI=1S/C13H15N3O/c1-10(15-11(2)17)12-4-6-13(7-5-12)16-9-3-8-14-16/h3-10H,1-2H3,(H,15,17). The van der Waals surface area contributed by atoms with E-state index in [1.165, 1.54) is 6.92 Å². The van der Waals surface area contributed by atoms with Gasteiger partial charge in [-0.25, -0.2) is 4.68 Å². The zero-order valence-corrected chi connectivity index (χ0v) is 9.92. The molecule has 4 nitrogen and oxygen atoms in total. The van der Waals surface area contributed by atoms with E-state index in [1.807, 2.05) is 43.5 Å². The molecule has 1 aromatic heterocycles. The third-order valence-corrected chi connectivity index (χ3v) is 2.58. The topological polar surface area (TPSA) is 46.9 Å². The molecule has 1 heterocycles. The first kappa shape index (κ1) is 11.4. The second kappa shape index (κ2) is 4.82. The monoisotopic (exact) mass is 229 g/mol. The summed E-state index contributed by atoms with van der Waals surface area (Å²) >= 11 is 0. The number of hydrogen-bond acceptors (Lipinski definition) is 2. The lowest BCUT2D eigenvalue weighted by molar-refractivity contribution is -0.119. The van der Waals surface area contributed by atoms with Gasteiger partial charge in [-0.3, -0.25) is 4.79 Å². The van der Waals surface area contributed by atoms with Gasteiger partial charge >= 0.3 is 0 Å². The molecule has 17 heavy (non-hydrogen) atoms. The third-order valence-electron chi connectivity index (χ3n) is 2.58. The second-order valence-electron chi connectivity index (χ2n) is 3.96. The molecule has 0 aliphatic heterocycles. The molecule has 0 aliphatic carbocycles. The average Bonchev–Trinajstić information content (AvgIpc) is 2.82. The van der Waals surface area contributed by atoms with Gasteiger partial charge in [-0.2, -0.15) is 5.10 Å². The van der Waals surface area contributed by atoms with Crippen molar-refractivity contribution in [3.63, 3.8) is 0 Å². The van der Waals surface area contributed by atoms with Gasteiger partial charge in [-0.15, -0.1) is 0 Å². The molecule has 88 valence electrons. The molecule has 1 amide bonds. The Kier molecular flexibility index (Phi) is 3.23. The molecule has 0 aliphatic rings. The third kappa shape index (κ3) is 2.72. The van der Waals surface area contributed by atoms with E-state index in [1.54, 1.807) is 10.9 Å². The molecule has 0 bridgehead atoms. The van der Waals surface area contributed by atoms with E-state index in [9.17, 15) is 4.79 Å². The van der Waals surface area contributed by atoms with E-state index in [2.05, 4.69) is 10.4 Å². The summed E-state index contributed by atoms with van der Waals surface area (Å²) in [5.74, 6) is -0.0198. The fourth-order valence-corrected chi connectivity index (χ4v) is 1.73. The van der Waals surface area contributed by atoms with Crippen LogP contribution >= 0.6 is 0 Å². The predicted molar refractivity (Wildman–Crippen MR) is 65.8 cm³/mol. The number of carbonyl (C=O) groups excluding carboxylic acids is 1. The maximum atomic E-state index is 11.0. The quantitative estimate of drug-likeness (QED) is 0.875. The van der Waals surface area contributed by atoms with E-state index in [0.29, 0.717) is 0 Å². The molecule has 1 N–H and O–H groups in total. The van der Waals surface area contributed by atoms with Gasteiger partial charge in [0.1, 0.15) is 0 Å². The van der Waals surface area contributed by atoms with E-state index < -0.39 is 0 Å². The molecule has 1 aromatic carbocycles. The summed E-state index contributed by atoms with van der Waals surface area (Å²) in [6.07, 6.45) is 3.64. The lowest BCUT2D eigenvalue weighted by Crippen LogP contribution is -2.23. The number of rotatable bonds is 3. The largest absolute Gasteiger partial charge is 0.350 e. The van der Waals surface area contributed by atoms with E-state index >= 15 is 0 Å². The highest BCUT2D eigenvalue weighted by Gasteiger charge is 2.06. The van der Waals surface area contributed by atoms with Crippen LogP contribution in [0.5, 0.6) is 0 Å². The first-order valence-corrected chi connectivity index (χ1v) is 5.54. The summed E-state index contributed by atoms with van der Waals surface area (Å²) in [7, 11) is 0. The van der Waals surface area contributed by atoms with E-state index in [4.69, 9.17) is 0 Å². The van der Waals surface area contributed by atoms with Gasteiger partial charge in [0.25, 0.3) is 0 Å². The lowest BCUT2D eigenvalue weighted by Gasteiger charge is -2.13. The highest BCUT2D eigenvalue weighted by molar-refractivity contribution is 5.73. The zero-order chi connectivity index (χ0) is 12.3. The second-order valence-corrected chi connectivity index (χ2v) is 3.96. The molecular weight excluding hydrogens is 214 g/mol. The maximum absolute atomic E-state index is 11.0. The summed E-state index contributed by atoms with van der Waals surface area (Å²) in [5, 5.41) is 7.01. The van der Waals surface area contributed by atoms with Crippen LogP contribution in [0.25, 0.3) is 5.69 Å². The Morgan fingerprint density at radius 1 is 1.35 bits per heavy atom. The summed E-state index contributed by atoms with van der Waals surface area (Å²) in [4.78, 5) is 11.0. The molecule has 0 fully saturated rings. The Labute approximate surface area is 100 Å². The molecule has 0 saturated heterocycles. The normalized spacial score (nSPS) is 12.1. The van der Waals surface area contributed by atoms with Crippen LogP contribution in [-0.4, -0.2) is 15.7 Å². The number of carbonyl (C=O) groups is 1. The van der Waals surface area contributed by atoms with Gasteiger partial charge in [-0.05, 0) is 30.7 Å². The van der Waals surface area contributed by atoms with E-state index in [-0.39, 0.29) is 11.9 Å². The van der Waals surface area contributed by atoms with Crippen molar-refractivity contribution < 1.29 is 4.79 Å². The Morgan fingerprint density at radius 3 is 2.59 bits per heavy atom. The minimum absolute atomic E-state index is 0.0198. The van der Waals surface area contributed by atoms with Gasteiger partial charge in [0, 0.05) is 19.3 Å². The Bertz CT molecular complexity index is 488. The van der Waals surface area contributed by atoms with Crippen LogP contribution < -0.4 is 5.32 Å². The number of benzene rings is 1. The first-order valence-electron chi connectivity index (χ1n) is 5.54. The van der Waals surface area contributed by atoms with Crippen molar-refractivity contribution in [1.29, 1.82) is 0 Å². The number of hydrogen-bond donors (Lipinski definition) is 1. The molecule has 1 atom stereocenters. The van der Waals surface area contributed by atoms with Crippen LogP contribution in [0, 0.1) is 0 Å². The number of amides is 1. The van der Waals surface area contributed by atoms with Gasteiger partial charge in [0.15, 0.2) is 0 Å². The van der Waals surface area contributed by atoms with Crippen LogP contribution in [0.4, 0.5) is 0 Å². The first-order chi connectivity index (χ1) is 8.16. The van der Waals surface area contributed by atoms with Crippen LogP contribution in [0.1, 0.15) is 25.5 Å². The van der Waals surface area contributed by atoms with Crippen molar-refractivity contribution in [2.45, 2.75) is 19.9 Å². The molecule has 2 aromatic rings. The van der Waals surface area contributed by atoms with Crippen molar-refractivity contribution in [3.8, 4) is 5.69 Å². The van der Waals surface area contributed by atoms with Crippen molar-refractivity contribution in [2.24, 2.45) is 0 Å². The van der Waals surface area contributed by atoms with Crippen LogP contribution in [0.15, 0.2) is 42.7 Å².